The summed E-state index contributed by atoms with van der Waals surface area (Å²) < 4.78 is 0. The summed E-state index contributed by atoms with van der Waals surface area (Å²) >= 11 is 0. The summed E-state index contributed by atoms with van der Waals surface area (Å²) in [5, 5.41) is 3.38. The zero-order chi connectivity index (χ0) is 15.5. The van der Waals surface area contributed by atoms with E-state index >= 15 is 0 Å². The van der Waals surface area contributed by atoms with Crippen molar-refractivity contribution in [2.75, 3.05) is 44.2 Å². The molecule has 2 heterocycles. The average molecular weight is 302 g/mol. The Bertz CT molecular complexity index is 525. The minimum absolute atomic E-state index is 0.141. The Morgan fingerprint density at radius 3 is 2.50 bits per heavy atom. The smallest absolute Gasteiger partial charge is 0.320 e. The third-order valence-corrected chi connectivity index (χ3v) is 4.55. The van der Waals surface area contributed by atoms with Crippen molar-refractivity contribution in [1.29, 1.82) is 0 Å². The van der Waals surface area contributed by atoms with Crippen LogP contribution in [0.15, 0.2) is 24.3 Å². The maximum Gasteiger partial charge on any atom is 0.324 e. The van der Waals surface area contributed by atoms with Crippen molar-refractivity contribution in [3.05, 3.63) is 29.8 Å². The van der Waals surface area contributed by atoms with Crippen molar-refractivity contribution in [3.63, 3.8) is 0 Å². The fourth-order valence-electron chi connectivity index (χ4n) is 3.27. The van der Waals surface area contributed by atoms with E-state index in [0.29, 0.717) is 0 Å². The molecule has 0 spiro atoms. The number of urea groups is 1. The van der Waals surface area contributed by atoms with Gasteiger partial charge in [0.05, 0.1) is 0 Å². The lowest BCUT2D eigenvalue weighted by atomic mass is 10.1. The Morgan fingerprint density at radius 1 is 1.09 bits per heavy atom. The van der Waals surface area contributed by atoms with Gasteiger partial charge in [0.2, 0.25) is 0 Å². The van der Waals surface area contributed by atoms with Crippen LogP contribution < -0.4 is 10.2 Å². The molecule has 5 nitrogen and oxygen atoms in total. The number of piperazine rings is 1. The predicted molar refractivity (Wildman–Crippen MR) is 89.2 cm³/mol. The van der Waals surface area contributed by atoms with Crippen molar-refractivity contribution in [2.45, 2.75) is 26.4 Å². The molecule has 1 aromatic carbocycles. The third-order valence-electron chi connectivity index (χ3n) is 4.55. The fraction of sp³-hybridized carbons (Fsp3) is 0.588. The van der Waals surface area contributed by atoms with Gasteiger partial charge >= 0.3 is 6.03 Å². The maximum atomic E-state index is 12.6. The fourth-order valence-corrected chi connectivity index (χ4v) is 3.27. The monoisotopic (exact) mass is 302 g/mol. The van der Waals surface area contributed by atoms with E-state index in [-0.39, 0.29) is 12.1 Å². The second-order valence-corrected chi connectivity index (χ2v) is 6.38. The lowest BCUT2D eigenvalue weighted by molar-refractivity contribution is 0.209. The number of benzene rings is 1. The number of carbonyl (C=O) groups excluding carboxylic acids is 1. The average Bonchev–Trinajstić information content (AvgIpc) is 2.91. The molecule has 0 aromatic heterocycles. The molecular weight excluding hydrogens is 276 g/mol. The summed E-state index contributed by atoms with van der Waals surface area (Å²) in [4.78, 5) is 19.0. The van der Waals surface area contributed by atoms with Crippen LogP contribution >= 0.6 is 0 Å². The van der Waals surface area contributed by atoms with Crippen LogP contribution in [0, 0.1) is 0 Å². The number of rotatable bonds is 4. The summed E-state index contributed by atoms with van der Waals surface area (Å²) in [6.07, 6.45) is 0. The Balaban J connectivity index is 1.78. The summed E-state index contributed by atoms with van der Waals surface area (Å²) in [5.74, 6) is 0. The van der Waals surface area contributed by atoms with Gasteiger partial charge in [0.25, 0.3) is 0 Å². The van der Waals surface area contributed by atoms with E-state index in [1.165, 1.54) is 5.56 Å². The molecule has 1 N–H and O–H groups in total. The van der Waals surface area contributed by atoms with Gasteiger partial charge in [-0.25, -0.2) is 4.79 Å². The topological polar surface area (TPSA) is 38.8 Å². The molecule has 3 rings (SSSR count). The van der Waals surface area contributed by atoms with Gasteiger partial charge in [-0.1, -0.05) is 18.2 Å². The molecule has 2 amide bonds. The second kappa shape index (κ2) is 6.67. The first-order valence-corrected chi connectivity index (χ1v) is 8.26. The summed E-state index contributed by atoms with van der Waals surface area (Å²) in [5.41, 5.74) is 2.33. The number of anilines is 1. The minimum atomic E-state index is 0.141. The highest BCUT2D eigenvalue weighted by atomic mass is 16.2. The van der Waals surface area contributed by atoms with E-state index in [1.807, 2.05) is 15.9 Å². The van der Waals surface area contributed by atoms with Crippen LogP contribution in [0.4, 0.5) is 10.5 Å². The summed E-state index contributed by atoms with van der Waals surface area (Å²) in [7, 11) is 0. The van der Waals surface area contributed by atoms with E-state index in [9.17, 15) is 4.79 Å². The van der Waals surface area contributed by atoms with E-state index in [0.717, 1.165) is 51.5 Å². The Labute approximate surface area is 132 Å². The van der Waals surface area contributed by atoms with Crippen LogP contribution in [0.5, 0.6) is 0 Å². The van der Waals surface area contributed by atoms with Crippen molar-refractivity contribution in [1.82, 2.24) is 15.1 Å². The summed E-state index contributed by atoms with van der Waals surface area (Å²) in [6, 6.07) is 8.74. The largest absolute Gasteiger partial charge is 0.324 e. The lowest BCUT2D eigenvalue weighted by Gasteiger charge is -2.29. The Kier molecular flexibility index (Phi) is 4.64. The molecule has 120 valence electrons. The van der Waals surface area contributed by atoms with Crippen molar-refractivity contribution >= 4 is 11.7 Å². The van der Waals surface area contributed by atoms with Gasteiger partial charge in [-0.2, -0.15) is 0 Å². The molecule has 2 aliphatic heterocycles. The molecule has 22 heavy (non-hydrogen) atoms. The number of amides is 2. The van der Waals surface area contributed by atoms with Crippen molar-refractivity contribution < 1.29 is 4.79 Å². The number of nitrogens with one attached hydrogen (secondary N) is 1. The van der Waals surface area contributed by atoms with Gasteiger partial charge in [0.1, 0.15) is 0 Å². The SMILES string of the molecule is CC(C)N1CCN(c2ccccc2CN2CCNCC2)C1=O. The quantitative estimate of drug-likeness (QED) is 0.921. The zero-order valence-corrected chi connectivity index (χ0v) is 13.6. The number of nitrogens with zero attached hydrogens (tertiary/aromatic N) is 3. The number of hydrogen-bond acceptors (Lipinski definition) is 3. The number of hydrogen-bond donors (Lipinski definition) is 1. The molecule has 0 aliphatic carbocycles. The van der Waals surface area contributed by atoms with Gasteiger partial charge in [0, 0.05) is 57.5 Å². The number of para-hydroxylation sites is 1. The van der Waals surface area contributed by atoms with Gasteiger partial charge in [-0.15, -0.1) is 0 Å². The van der Waals surface area contributed by atoms with Gasteiger partial charge in [-0.05, 0) is 25.5 Å². The summed E-state index contributed by atoms with van der Waals surface area (Å²) in [6.45, 7) is 10.9. The molecular formula is C17H26N4O. The predicted octanol–water partition coefficient (Wildman–Crippen LogP) is 1.74. The lowest BCUT2D eigenvalue weighted by Crippen LogP contribution is -2.43. The van der Waals surface area contributed by atoms with E-state index in [1.54, 1.807) is 0 Å². The molecule has 0 atom stereocenters. The van der Waals surface area contributed by atoms with Crippen LogP contribution in [0.3, 0.4) is 0 Å². The molecule has 2 fully saturated rings. The van der Waals surface area contributed by atoms with Crippen molar-refractivity contribution in [3.8, 4) is 0 Å². The highest BCUT2D eigenvalue weighted by molar-refractivity contribution is 5.95. The first-order chi connectivity index (χ1) is 10.7. The maximum absolute atomic E-state index is 12.6. The van der Waals surface area contributed by atoms with Crippen molar-refractivity contribution in [2.24, 2.45) is 0 Å². The molecule has 0 radical (unpaired) electrons. The molecule has 0 bridgehead atoms. The Hall–Kier alpha value is -1.59. The first-order valence-electron chi connectivity index (χ1n) is 8.26. The highest BCUT2D eigenvalue weighted by Crippen LogP contribution is 2.26. The van der Waals surface area contributed by atoms with Gasteiger partial charge < -0.3 is 10.2 Å². The molecule has 0 unspecified atom stereocenters. The molecule has 0 saturated carbocycles. The highest BCUT2D eigenvalue weighted by Gasteiger charge is 2.32. The van der Waals surface area contributed by atoms with Crippen LogP contribution in [0.2, 0.25) is 0 Å². The molecule has 2 aliphatic rings. The van der Waals surface area contributed by atoms with E-state index < -0.39 is 0 Å². The van der Waals surface area contributed by atoms with E-state index in [2.05, 4.69) is 42.3 Å². The van der Waals surface area contributed by atoms with Gasteiger partial charge in [0.15, 0.2) is 0 Å². The molecule has 2 saturated heterocycles. The van der Waals surface area contributed by atoms with E-state index in [4.69, 9.17) is 0 Å². The second-order valence-electron chi connectivity index (χ2n) is 6.38. The van der Waals surface area contributed by atoms with Crippen LogP contribution in [-0.2, 0) is 6.54 Å². The number of carbonyl (C=O) groups is 1. The normalized spacial score (nSPS) is 20.2. The standard InChI is InChI=1S/C17H26N4O/c1-14(2)20-11-12-21(17(20)22)16-6-4-3-5-15(16)13-19-9-7-18-8-10-19/h3-6,14,18H,7-13H2,1-2H3. The van der Waals surface area contributed by atoms with Crippen LogP contribution in [0.25, 0.3) is 0 Å². The van der Waals surface area contributed by atoms with Gasteiger partial charge in [-0.3, -0.25) is 9.80 Å². The molecule has 5 heteroatoms. The molecule has 1 aromatic rings. The minimum Gasteiger partial charge on any atom is -0.320 e. The van der Waals surface area contributed by atoms with Crippen LogP contribution in [0.1, 0.15) is 19.4 Å². The van der Waals surface area contributed by atoms with Crippen LogP contribution in [-0.4, -0.2) is 61.1 Å². The first kappa shape index (κ1) is 15.3. The third kappa shape index (κ3) is 3.10. The zero-order valence-electron chi connectivity index (χ0n) is 13.6. The Morgan fingerprint density at radius 2 is 1.82 bits per heavy atom.